The van der Waals surface area contributed by atoms with Crippen molar-refractivity contribution in [1.29, 1.82) is 0 Å². The van der Waals surface area contributed by atoms with Crippen LogP contribution < -0.4 is 37.4 Å². The molecule has 11 rings (SSSR count). The molecule has 6 saturated heterocycles. The number of ether oxygens (including phenoxy) is 13. The van der Waals surface area contributed by atoms with Crippen molar-refractivity contribution in [2.75, 3.05) is 96.2 Å². The third-order valence-corrected chi connectivity index (χ3v) is 28.3. The lowest BCUT2D eigenvalue weighted by Crippen LogP contribution is -2.68. The zero-order valence-corrected chi connectivity index (χ0v) is 72.7. The molecule has 2 amide bonds. The number of hydrogen-bond acceptors (Lipinski definition) is 39. The minimum Gasteiger partial charge on any atom is -0.446 e. The summed E-state index contributed by atoms with van der Waals surface area (Å²) in [4.78, 5) is 50.9. The van der Waals surface area contributed by atoms with E-state index in [4.69, 9.17) is 61.6 Å². The molecule has 724 valence electrons. The first-order chi connectivity index (χ1) is 60.2. The van der Waals surface area contributed by atoms with Crippen LogP contribution in [0.5, 0.6) is 0 Å². The number of fused-ring (bicyclic) bond motifs is 5. The summed E-state index contributed by atoms with van der Waals surface area (Å²) in [5, 5.41) is 222. The van der Waals surface area contributed by atoms with Gasteiger partial charge in [0.25, 0.3) is 10.9 Å². The first-order valence-electron chi connectivity index (χ1n) is 45.5. The van der Waals surface area contributed by atoms with Gasteiger partial charge in [-0.3, -0.25) is 14.4 Å². The molecular formula is C85H143N5O36. The van der Waals surface area contributed by atoms with Crippen LogP contribution in [0.2, 0.25) is 0 Å². The zero-order chi connectivity index (χ0) is 91.2. The number of amides is 2. The molecule has 0 aromatic heterocycles. The van der Waals surface area contributed by atoms with E-state index < -0.39 is 241 Å². The predicted octanol–water partition coefficient (Wildman–Crippen LogP) is -4.60. The maximum Gasteiger partial charge on any atom is 0.407 e. The molecule has 126 heavy (non-hydrogen) atoms. The molecule has 24 N–H and O–H groups in total. The standard InChI is InChI=1S/C85H143N5O36/c1-40(2)15-14-16-41(3)45-20-21-46-44-19-18-42-33-43(22-24-84(42,4)47(44)23-25-85(45,46)5)116-83(113)90-29-28-86-26-11-12-27-88-55-56(64(104)63(55)103)89-31-30-87-54(96)17-10-8-6-7-9-13-32-114-77-70(110)75(62(102)53(122-77)39-115-78-71(111)73(60(100)51(37-94)117-78)123-79-68(108)65(105)57(97)48(34-91)118-79)125-82-76(67(107)59(99)50(36-93)121-82)126-81-72(112)74(61(101)52(38-95)120-81)124-80-69(109)66(106)58(98)49(35-92)119-80/h18,40-41,43-53,57-62,65-82,86,88-89,91-95,97-102,105-112H,6-17,19-39H2,1-5H3,(H,87,96)(H,90,113)/t41-,43+,44+,45-,46+,47+,48-,49-,50-,51-,52-,53-,57-,58-,59-,60-,61-,62-,65+,66+,67+,68+,69-,70+,71+,72+,73+,74+,75+,76+,77-,78+,79-,80-,81-,82-,84+,85-/m1/s1. The fourth-order valence-corrected chi connectivity index (χ4v) is 20.9. The third kappa shape index (κ3) is 24.0. The number of nitrogens with one attached hydrogen (secondary N) is 5. The van der Waals surface area contributed by atoms with Gasteiger partial charge in [-0.1, -0.05) is 91.2 Å². The minimum atomic E-state index is -2.23. The van der Waals surface area contributed by atoms with Gasteiger partial charge in [0.1, 0.15) is 164 Å². The second-order valence-electron chi connectivity index (χ2n) is 37.1. The summed E-state index contributed by atoms with van der Waals surface area (Å²) in [6.45, 7) is 9.02. The number of anilines is 2. The molecule has 0 bridgehead atoms. The van der Waals surface area contributed by atoms with Crippen molar-refractivity contribution in [3.05, 3.63) is 32.1 Å². The van der Waals surface area contributed by atoms with Crippen LogP contribution in [0.25, 0.3) is 0 Å². The monoisotopic (exact) mass is 1810 g/mol. The van der Waals surface area contributed by atoms with Crippen molar-refractivity contribution in [3.63, 3.8) is 0 Å². The van der Waals surface area contributed by atoms with Crippen molar-refractivity contribution >= 4 is 23.4 Å². The van der Waals surface area contributed by atoms with Crippen molar-refractivity contribution in [1.82, 2.24) is 16.0 Å². The summed E-state index contributed by atoms with van der Waals surface area (Å²) in [6.07, 6.45) is -37.7. The number of carbonyl (C=O) groups is 2. The van der Waals surface area contributed by atoms with Crippen molar-refractivity contribution < 1.29 is 168 Å². The van der Waals surface area contributed by atoms with E-state index in [1.54, 1.807) is 0 Å². The average Bonchev–Trinajstić information content (AvgIpc) is 1.47. The van der Waals surface area contributed by atoms with E-state index >= 15 is 0 Å². The number of alkyl carbamates (subject to hydrolysis) is 1. The molecule has 41 heteroatoms. The maximum absolute atomic E-state index is 13.0. The lowest BCUT2D eigenvalue weighted by atomic mass is 9.47. The Balaban J connectivity index is 0.597. The molecule has 6 aliphatic heterocycles. The molecule has 41 nitrogen and oxygen atoms in total. The molecule has 6 heterocycles. The third-order valence-electron chi connectivity index (χ3n) is 28.3. The molecule has 1 aromatic carbocycles. The van der Waals surface area contributed by atoms with Crippen LogP contribution in [0, 0.1) is 46.3 Å². The van der Waals surface area contributed by atoms with E-state index in [2.05, 4.69) is 67.3 Å². The molecule has 10 aliphatic rings. The summed E-state index contributed by atoms with van der Waals surface area (Å²) in [5.74, 6) is 4.38. The van der Waals surface area contributed by atoms with Crippen LogP contribution in [-0.2, 0) is 66.4 Å². The molecule has 0 unspecified atom stereocenters. The highest BCUT2D eigenvalue weighted by Gasteiger charge is 2.62. The van der Waals surface area contributed by atoms with Crippen molar-refractivity contribution in [3.8, 4) is 0 Å². The van der Waals surface area contributed by atoms with E-state index in [0.29, 0.717) is 82.5 Å². The van der Waals surface area contributed by atoms with Gasteiger partial charge in [0.15, 0.2) is 37.7 Å². The number of rotatable bonds is 45. The van der Waals surface area contributed by atoms with Gasteiger partial charge < -0.3 is 185 Å². The highest BCUT2D eigenvalue weighted by Crippen LogP contribution is 2.67. The van der Waals surface area contributed by atoms with Crippen LogP contribution in [0.1, 0.15) is 163 Å². The summed E-state index contributed by atoms with van der Waals surface area (Å²) < 4.78 is 75.6. The number of hydrogen-bond donors (Lipinski definition) is 24. The van der Waals surface area contributed by atoms with E-state index in [-0.39, 0.29) is 54.9 Å². The molecule has 38 atom stereocenters. The molecule has 3 saturated carbocycles. The van der Waals surface area contributed by atoms with Crippen LogP contribution in [0.3, 0.4) is 0 Å². The minimum absolute atomic E-state index is 0.131. The Hall–Kier alpha value is -4.12. The SMILES string of the molecule is CC(C)CCC[C@@H](C)[C@H]1CC[C@H]2[C@@H]3CC=C4C[C@@H](OC(=O)NCCNCCCCNc5c(NCCNC(=O)CCCCCCCCO[C@@H]6O[C@H](CO[C@H]7O[C@H](CO)[C@@H](O)[C@H](O[C@H]8O[C@H](CO)[C@@H](O)[C@H](O)[C@@H]8O)[C@@H]7O)[C@@H](O)[C@H](O[C@H]7O[C@H](CO)[C@@H](O)[C@H](O)[C@@H]7O[C@H]7O[C@H](CO)[C@@H](O)[C@H](O[C@H]8O[C@H](CO)[C@@H](O)[C@H](O)[C@H]8O)[C@@H]7O)[C@@H]6O)c(=O)c5=O)CC[C@]4(C)[C@H]3CC[C@]12C. The number of carbonyl (C=O) groups excluding carboxylic acids is 2. The van der Waals surface area contributed by atoms with Gasteiger partial charge in [-0.25, -0.2) is 4.79 Å². The van der Waals surface area contributed by atoms with E-state index in [1.165, 1.54) is 50.5 Å². The van der Waals surface area contributed by atoms with Crippen LogP contribution in [-0.4, -0.2) is 385 Å². The van der Waals surface area contributed by atoms with Crippen LogP contribution in [0.4, 0.5) is 16.2 Å². The van der Waals surface area contributed by atoms with Gasteiger partial charge in [0.2, 0.25) is 5.91 Å². The van der Waals surface area contributed by atoms with E-state index in [0.717, 1.165) is 61.7 Å². The zero-order valence-electron chi connectivity index (χ0n) is 72.7. The molecule has 0 spiro atoms. The number of allylic oxidation sites excluding steroid dienone is 1. The fraction of sp³-hybridized carbons (Fsp3) is 0.906. The van der Waals surface area contributed by atoms with Gasteiger partial charge in [0, 0.05) is 52.2 Å². The quantitative estimate of drug-likeness (QED) is 0.0166. The van der Waals surface area contributed by atoms with Crippen LogP contribution in [0.15, 0.2) is 21.2 Å². The Kier molecular flexibility index (Phi) is 38.3. The van der Waals surface area contributed by atoms with Gasteiger partial charge in [-0.05, 0) is 124 Å². The van der Waals surface area contributed by atoms with Gasteiger partial charge in [0.05, 0.1) is 39.6 Å². The normalized spacial score (nSPS) is 41.6. The van der Waals surface area contributed by atoms with Gasteiger partial charge >= 0.3 is 6.09 Å². The van der Waals surface area contributed by atoms with Crippen molar-refractivity contribution in [2.45, 2.75) is 353 Å². The lowest BCUT2D eigenvalue weighted by molar-refractivity contribution is -0.399. The lowest BCUT2D eigenvalue weighted by Gasteiger charge is -2.58. The van der Waals surface area contributed by atoms with E-state index in [1.807, 2.05) is 0 Å². The first-order valence-corrected chi connectivity index (χ1v) is 45.5. The smallest absolute Gasteiger partial charge is 0.407 e. The van der Waals surface area contributed by atoms with Gasteiger partial charge in [-0.15, -0.1) is 0 Å². The second-order valence-corrected chi connectivity index (χ2v) is 37.1. The van der Waals surface area contributed by atoms with E-state index in [9.17, 15) is 116 Å². The summed E-state index contributed by atoms with van der Waals surface area (Å²) in [5.41, 5.74) is 1.18. The molecule has 9 fully saturated rings. The van der Waals surface area contributed by atoms with Crippen molar-refractivity contribution in [2.24, 2.45) is 46.3 Å². The Labute approximate surface area is 732 Å². The summed E-state index contributed by atoms with van der Waals surface area (Å²) >= 11 is 0. The number of unbranched alkanes of at least 4 members (excludes halogenated alkanes) is 6. The van der Waals surface area contributed by atoms with Gasteiger partial charge in [-0.2, -0.15) is 0 Å². The molecule has 4 aliphatic carbocycles. The maximum atomic E-state index is 13.0. The Morgan fingerprint density at radius 1 is 0.444 bits per heavy atom. The van der Waals surface area contributed by atoms with Crippen LogP contribution >= 0.6 is 0 Å². The Morgan fingerprint density at radius 3 is 1.52 bits per heavy atom. The topological polar surface area (TPSA) is 633 Å². The highest BCUT2D eigenvalue weighted by molar-refractivity contribution is 5.76. The predicted molar refractivity (Wildman–Crippen MR) is 440 cm³/mol. The number of aliphatic hydroxyl groups is 19. The molecule has 1 aromatic rings. The molecule has 0 radical (unpaired) electrons. The highest BCUT2D eigenvalue weighted by atomic mass is 16.8. The molecular weight excluding hydrogens is 1670 g/mol. The summed E-state index contributed by atoms with van der Waals surface area (Å²) in [7, 11) is 0. The average molecular weight is 1810 g/mol. The number of aliphatic hydroxyl groups excluding tert-OH is 19. The fourth-order valence-electron chi connectivity index (χ4n) is 20.9. The Bertz CT molecular complexity index is 3590. The first kappa shape index (κ1) is 102. The Morgan fingerprint density at radius 2 is 0.929 bits per heavy atom. The largest absolute Gasteiger partial charge is 0.446 e. The summed E-state index contributed by atoms with van der Waals surface area (Å²) in [6, 6.07) is 0. The second kappa shape index (κ2) is 47.2.